The summed E-state index contributed by atoms with van der Waals surface area (Å²) in [5.41, 5.74) is 0.0324. The fraction of sp³-hybridized carbons (Fsp3) is 0.231. The molecule has 0 saturated carbocycles. The summed E-state index contributed by atoms with van der Waals surface area (Å²) in [5.74, 6) is -5.80. The van der Waals surface area contributed by atoms with Gasteiger partial charge in [0.1, 0.15) is 0 Å². The van der Waals surface area contributed by atoms with Gasteiger partial charge in [-0.25, -0.2) is 22.6 Å². The molecular formula is C13H10BrF3N2O2. The van der Waals surface area contributed by atoms with Gasteiger partial charge in [0.05, 0.1) is 15.9 Å². The Balaban J connectivity index is 2.74. The Morgan fingerprint density at radius 1 is 1.29 bits per heavy atom. The van der Waals surface area contributed by atoms with E-state index >= 15 is 0 Å². The molecule has 21 heavy (non-hydrogen) atoms. The lowest BCUT2D eigenvalue weighted by molar-refractivity contribution is 0.0689. The number of hydrogen-bond donors (Lipinski definition) is 1. The van der Waals surface area contributed by atoms with Crippen molar-refractivity contribution in [2.24, 2.45) is 0 Å². The van der Waals surface area contributed by atoms with Gasteiger partial charge in [0.2, 0.25) is 0 Å². The average molecular weight is 363 g/mol. The molecule has 112 valence electrons. The number of carboxylic acids is 1. The zero-order valence-corrected chi connectivity index (χ0v) is 12.6. The zero-order valence-electron chi connectivity index (χ0n) is 11.0. The van der Waals surface area contributed by atoms with Gasteiger partial charge in [-0.3, -0.25) is 0 Å². The number of aromatic carboxylic acids is 1. The third kappa shape index (κ3) is 2.67. The number of carboxylic acid groups (broad SMARTS) is 1. The van der Waals surface area contributed by atoms with Crippen molar-refractivity contribution in [1.29, 1.82) is 0 Å². The normalized spacial score (nSPS) is 11.2. The predicted octanol–water partition coefficient (Wildman–Crippen LogP) is 3.87. The highest BCUT2D eigenvalue weighted by molar-refractivity contribution is 9.10. The molecule has 0 aliphatic rings. The maximum absolute atomic E-state index is 13.3. The summed E-state index contributed by atoms with van der Waals surface area (Å²) in [7, 11) is 0. The molecule has 1 aromatic carbocycles. The van der Waals surface area contributed by atoms with Crippen LogP contribution in [0.5, 0.6) is 0 Å². The Kier molecular flexibility index (Phi) is 4.08. The van der Waals surface area contributed by atoms with Crippen molar-refractivity contribution in [1.82, 2.24) is 9.78 Å². The summed E-state index contributed by atoms with van der Waals surface area (Å²) >= 11 is 3.13. The number of halogens is 4. The summed E-state index contributed by atoms with van der Waals surface area (Å²) in [4.78, 5) is 11.1. The molecule has 0 unspecified atom stereocenters. The highest BCUT2D eigenvalue weighted by atomic mass is 79.9. The van der Waals surface area contributed by atoms with E-state index in [0.717, 1.165) is 16.8 Å². The number of carbonyl (C=O) groups is 1. The van der Waals surface area contributed by atoms with Crippen molar-refractivity contribution >= 4 is 21.9 Å². The molecule has 0 aliphatic heterocycles. The fourth-order valence-electron chi connectivity index (χ4n) is 1.91. The molecule has 0 saturated heterocycles. The van der Waals surface area contributed by atoms with Crippen LogP contribution < -0.4 is 0 Å². The molecule has 1 heterocycles. The van der Waals surface area contributed by atoms with Gasteiger partial charge in [0.25, 0.3) is 0 Å². The monoisotopic (exact) mass is 362 g/mol. The number of hydrogen-bond acceptors (Lipinski definition) is 2. The number of nitrogens with zero attached hydrogens (tertiary/aromatic N) is 2. The number of rotatable bonds is 3. The number of aromatic nitrogens is 2. The summed E-state index contributed by atoms with van der Waals surface area (Å²) in [6.07, 6.45) is 0. The third-order valence-electron chi connectivity index (χ3n) is 2.82. The minimum Gasteiger partial charge on any atom is -0.476 e. The van der Waals surface area contributed by atoms with Crippen molar-refractivity contribution in [3.05, 3.63) is 45.4 Å². The summed E-state index contributed by atoms with van der Waals surface area (Å²) in [6.45, 7) is 3.53. The molecule has 8 heteroatoms. The minimum atomic E-state index is -1.59. The van der Waals surface area contributed by atoms with Crippen molar-refractivity contribution in [3.63, 3.8) is 0 Å². The van der Waals surface area contributed by atoms with Gasteiger partial charge in [-0.2, -0.15) is 5.10 Å². The lowest BCUT2D eigenvalue weighted by atomic mass is 10.1. The lowest BCUT2D eigenvalue weighted by Gasteiger charge is -2.11. The van der Waals surface area contributed by atoms with Gasteiger partial charge in [0, 0.05) is 12.1 Å². The van der Waals surface area contributed by atoms with Crippen LogP contribution >= 0.6 is 15.9 Å². The minimum absolute atomic E-state index is 0.0942. The molecule has 0 atom stereocenters. The Morgan fingerprint density at radius 2 is 1.81 bits per heavy atom. The molecule has 2 rings (SSSR count). The average Bonchev–Trinajstić information content (AvgIpc) is 2.73. The van der Waals surface area contributed by atoms with E-state index in [9.17, 15) is 18.0 Å². The first-order valence-electron chi connectivity index (χ1n) is 5.90. The second-order valence-corrected chi connectivity index (χ2v) is 5.44. The molecule has 1 N–H and O–H groups in total. The van der Waals surface area contributed by atoms with Crippen LogP contribution in [0.1, 0.15) is 35.9 Å². The summed E-state index contributed by atoms with van der Waals surface area (Å²) in [5, 5.41) is 12.9. The van der Waals surface area contributed by atoms with E-state index in [1.807, 2.05) is 0 Å². The van der Waals surface area contributed by atoms with Crippen LogP contribution in [0.3, 0.4) is 0 Å². The van der Waals surface area contributed by atoms with Crippen molar-refractivity contribution in [3.8, 4) is 5.69 Å². The number of benzene rings is 1. The quantitative estimate of drug-likeness (QED) is 0.843. The SMILES string of the molecule is CC(C)c1c(Br)c(C(=O)O)nn1-c1cc(F)c(F)c(F)c1. The second kappa shape index (κ2) is 5.51. The van der Waals surface area contributed by atoms with Gasteiger partial charge in [-0.15, -0.1) is 0 Å². The van der Waals surface area contributed by atoms with Crippen LogP contribution in [0.15, 0.2) is 16.6 Å². The van der Waals surface area contributed by atoms with E-state index in [-0.39, 0.29) is 21.8 Å². The smallest absolute Gasteiger partial charge is 0.357 e. The topological polar surface area (TPSA) is 55.1 Å². The highest BCUT2D eigenvalue weighted by Crippen LogP contribution is 2.31. The molecule has 0 amide bonds. The van der Waals surface area contributed by atoms with E-state index in [1.54, 1.807) is 13.8 Å². The highest BCUT2D eigenvalue weighted by Gasteiger charge is 2.24. The summed E-state index contributed by atoms with van der Waals surface area (Å²) in [6, 6.07) is 1.52. The van der Waals surface area contributed by atoms with Crippen molar-refractivity contribution in [2.75, 3.05) is 0 Å². The van der Waals surface area contributed by atoms with Gasteiger partial charge in [-0.05, 0) is 21.8 Å². The fourth-order valence-corrected chi connectivity index (χ4v) is 2.78. The van der Waals surface area contributed by atoms with Crippen LogP contribution in [0, 0.1) is 17.5 Å². The lowest BCUT2D eigenvalue weighted by Crippen LogP contribution is -2.07. The van der Waals surface area contributed by atoms with Gasteiger partial charge in [0.15, 0.2) is 23.1 Å². The van der Waals surface area contributed by atoms with Crippen LogP contribution in [0.2, 0.25) is 0 Å². The van der Waals surface area contributed by atoms with E-state index < -0.39 is 23.4 Å². The molecular weight excluding hydrogens is 353 g/mol. The zero-order chi connectivity index (χ0) is 15.9. The van der Waals surface area contributed by atoms with Gasteiger partial charge in [-0.1, -0.05) is 13.8 Å². The largest absolute Gasteiger partial charge is 0.476 e. The maximum Gasteiger partial charge on any atom is 0.357 e. The van der Waals surface area contributed by atoms with E-state index in [0.29, 0.717) is 5.69 Å². The van der Waals surface area contributed by atoms with Crippen molar-refractivity contribution in [2.45, 2.75) is 19.8 Å². The van der Waals surface area contributed by atoms with Crippen LogP contribution in [-0.2, 0) is 0 Å². The van der Waals surface area contributed by atoms with E-state index in [1.165, 1.54) is 0 Å². The molecule has 0 radical (unpaired) electrons. The van der Waals surface area contributed by atoms with Crippen LogP contribution in [-0.4, -0.2) is 20.9 Å². The second-order valence-electron chi connectivity index (χ2n) is 4.64. The van der Waals surface area contributed by atoms with Crippen molar-refractivity contribution < 1.29 is 23.1 Å². The Labute approximate surface area is 126 Å². The van der Waals surface area contributed by atoms with Crippen LogP contribution in [0.4, 0.5) is 13.2 Å². The first kappa shape index (κ1) is 15.6. The Morgan fingerprint density at radius 3 is 2.24 bits per heavy atom. The van der Waals surface area contributed by atoms with Gasteiger partial charge >= 0.3 is 5.97 Å². The molecule has 0 aliphatic carbocycles. The maximum atomic E-state index is 13.3. The molecule has 2 aromatic rings. The Bertz CT molecular complexity index is 705. The Hall–Kier alpha value is -1.83. The standard InChI is InChI=1S/C13H10BrF3N2O2/c1-5(2)12-9(14)11(13(20)21)18-19(12)6-3-7(15)10(17)8(16)4-6/h3-5H,1-2H3,(H,20,21). The summed E-state index contributed by atoms with van der Waals surface area (Å²) < 4.78 is 41.0. The third-order valence-corrected chi connectivity index (χ3v) is 3.61. The molecule has 0 fully saturated rings. The molecule has 4 nitrogen and oxygen atoms in total. The molecule has 0 bridgehead atoms. The van der Waals surface area contributed by atoms with Crippen LogP contribution in [0.25, 0.3) is 5.69 Å². The van der Waals surface area contributed by atoms with Gasteiger partial charge < -0.3 is 5.11 Å². The first-order chi connectivity index (χ1) is 9.73. The predicted molar refractivity (Wildman–Crippen MR) is 72.2 cm³/mol. The molecule has 1 aromatic heterocycles. The molecule has 0 spiro atoms. The van der Waals surface area contributed by atoms with E-state index in [4.69, 9.17) is 5.11 Å². The van der Waals surface area contributed by atoms with E-state index in [2.05, 4.69) is 21.0 Å². The first-order valence-corrected chi connectivity index (χ1v) is 6.70.